The number of anilines is 2. The van der Waals surface area contributed by atoms with Gasteiger partial charge in [-0.25, -0.2) is 0 Å². The summed E-state index contributed by atoms with van der Waals surface area (Å²) < 4.78 is 0.877. The molecule has 0 saturated carbocycles. The second-order valence-corrected chi connectivity index (χ2v) is 5.99. The van der Waals surface area contributed by atoms with Crippen LogP contribution < -0.4 is 10.2 Å². The summed E-state index contributed by atoms with van der Waals surface area (Å²) in [7, 11) is 0. The largest absolute Gasteiger partial charge is 0.320 e. The number of halogens is 1. The van der Waals surface area contributed by atoms with Crippen molar-refractivity contribution < 1.29 is 9.59 Å². The van der Waals surface area contributed by atoms with Gasteiger partial charge in [-0.15, -0.1) is 0 Å². The highest BCUT2D eigenvalue weighted by Crippen LogP contribution is 2.38. The van der Waals surface area contributed by atoms with Gasteiger partial charge in [-0.1, -0.05) is 15.9 Å². The van der Waals surface area contributed by atoms with Crippen LogP contribution in [0.4, 0.5) is 11.4 Å². The highest BCUT2D eigenvalue weighted by Gasteiger charge is 2.26. The first-order valence-electron chi connectivity index (χ1n) is 6.88. The number of nitrogens with zero attached hydrogens (tertiary/aromatic N) is 2. The fourth-order valence-electron chi connectivity index (χ4n) is 2.62. The van der Waals surface area contributed by atoms with Gasteiger partial charge in [0.05, 0.1) is 11.4 Å². The summed E-state index contributed by atoms with van der Waals surface area (Å²) in [6.45, 7) is 2.17. The summed E-state index contributed by atoms with van der Waals surface area (Å²) in [5, 5.41) is 2.89. The predicted molar refractivity (Wildman–Crippen MR) is 88.1 cm³/mol. The van der Waals surface area contributed by atoms with Crippen molar-refractivity contribution in [2.45, 2.75) is 13.3 Å². The van der Waals surface area contributed by atoms with Crippen LogP contribution in [0.15, 0.2) is 41.1 Å². The number of pyridine rings is 1. The van der Waals surface area contributed by atoms with Crippen molar-refractivity contribution in [3.63, 3.8) is 0 Å². The topological polar surface area (TPSA) is 62.3 Å². The molecule has 1 aliphatic heterocycles. The van der Waals surface area contributed by atoms with Crippen LogP contribution in [-0.2, 0) is 11.2 Å². The zero-order valence-corrected chi connectivity index (χ0v) is 13.6. The van der Waals surface area contributed by atoms with Crippen LogP contribution in [0.3, 0.4) is 0 Å². The number of benzene rings is 1. The molecule has 2 amide bonds. The second kappa shape index (κ2) is 5.88. The number of hydrogen-bond donors (Lipinski definition) is 1. The number of aromatic nitrogens is 1. The molecule has 1 N–H and O–H groups in total. The van der Waals surface area contributed by atoms with Crippen molar-refractivity contribution in [1.29, 1.82) is 0 Å². The summed E-state index contributed by atoms with van der Waals surface area (Å²) in [5.41, 5.74) is 3.00. The van der Waals surface area contributed by atoms with E-state index < -0.39 is 0 Å². The maximum Gasteiger partial charge on any atom is 0.255 e. The Morgan fingerprint density at radius 3 is 2.68 bits per heavy atom. The standard InChI is InChI=1S/C16H14BrN3O2/c1-10(21)20-7-4-12-8-13(17)9-14(15(12)20)19-16(22)11-2-5-18-6-3-11/h2-3,5-6,8-9H,4,7H2,1H3,(H,19,22). The van der Waals surface area contributed by atoms with Crippen LogP contribution in [-0.4, -0.2) is 23.3 Å². The van der Waals surface area contributed by atoms with Gasteiger partial charge < -0.3 is 10.2 Å². The Labute approximate surface area is 136 Å². The van der Waals surface area contributed by atoms with E-state index in [1.54, 1.807) is 29.4 Å². The van der Waals surface area contributed by atoms with Crippen LogP contribution in [0.25, 0.3) is 0 Å². The molecular weight excluding hydrogens is 346 g/mol. The molecule has 0 saturated heterocycles. The van der Waals surface area contributed by atoms with Crippen molar-refractivity contribution in [1.82, 2.24) is 4.98 Å². The van der Waals surface area contributed by atoms with Crippen LogP contribution in [0.1, 0.15) is 22.8 Å². The van der Waals surface area contributed by atoms with E-state index >= 15 is 0 Å². The monoisotopic (exact) mass is 359 g/mol. The Bertz CT molecular complexity index is 747. The molecule has 5 nitrogen and oxygen atoms in total. The third-order valence-electron chi connectivity index (χ3n) is 3.60. The molecule has 1 aliphatic rings. The fraction of sp³-hybridized carbons (Fsp3) is 0.188. The molecule has 112 valence electrons. The molecule has 0 aliphatic carbocycles. The Balaban J connectivity index is 1.98. The molecular formula is C16H14BrN3O2. The van der Waals surface area contributed by atoms with Crippen LogP contribution in [0.2, 0.25) is 0 Å². The van der Waals surface area contributed by atoms with E-state index in [1.807, 2.05) is 12.1 Å². The Morgan fingerprint density at radius 1 is 1.27 bits per heavy atom. The normalized spacial score (nSPS) is 12.9. The van der Waals surface area contributed by atoms with Crippen molar-refractivity contribution in [3.8, 4) is 0 Å². The molecule has 1 aromatic carbocycles. The first kappa shape index (κ1) is 14.7. The Morgan fingerprint density at radius 2 is 2.00 bits per heavy atom. The minimum absolute atomic E-state index is 0.0273. The van der Waals surface area contributed by atoms with Gasteiger partial charge in [0.2, 0.25) is 5.91 Å². The quantitative estimate of drug-likeness (QED) is 0.896. The summed E-state index contributed by atoms with van der Waals surface area (Å²) in [6.07, 6.45) is 3.93. The van der Waals surface area contributed by atoms with E-state index in [-0.39, 0.29) is 11.8 Å². The van der Waals surface area contributed by atoms with Gasteiger partial charge in [0.25, 0.3) is 5.91 Å². The molecule has 2 heterocycles. The summed E-state index contributed by atoms with van der Waals surface area (Å²) in [4.78, 5) is 29.7. The van der Waals surface area contributed by atoms with Crippen LogP contribution in [0.5, 0.6) is 0 Å². The smallest absolute Gasteiger partial charge is 0.255 e. The number of amides is 2. The minimum atomic E-state index is -0.224. The molecule has 0 radical (unpaired) electrons. The lowest BCUT2D eigenvalue weighted by atomic mass is 10.1. The Kier molecular flexibility index (Phi) is 3.94. The molecule has 6 heteroatoms. The Hall–Kier alpha value is -2.21. The number of carbonyl (C=O) groups is 2. The second-order valence-electron chi connectivity index (χ2n) is 5.07. The highest BCUT2D eigenvalue weighted by atomic mass is 79.9. The number of rotatable bonds is 2. The number of carbonyl (C=O) groups excluding carboxylic acids is 2. The molecule has 1 aromatic heterocycles. The molecule has 0 bridgehead atoms. The van der Waals surface area contributed by atoms with Crippen molar-refractivity contribution in [3.05, 3.63) is 52.3 Å². The van der Waals surface area contributed by atoms with Crippen LogP contribution in [0, 0.1) is 0 Å². The van der Waals surface area contributed by atoms with E-state index in [0.29, 0.717) is 17.8 Å². The molecule has 0 unspecified atom stereocenters. The average Bonchev–Trinajstić information content (AvgIpc) is 2.92. The fourth-order valence-corrected chi connectivity index (χ4v) is 3.12. The van der Waals surface area contributed by atoms with Crippen molar-refractivity contribution in [2.75, 3.05) is 16.8 Å². The lowest BCUT2D eigenvalue weighted by Gasteiger charge is -2.19. The maximum absolute atomic E-state index is 12.3. The van der Waals surface area contributed by atoms with E-state index in [2.05, 4.69) is 26.2 Å². The summed E-state index contributed by atoms with van der Waals surface area (Å²) in [5.74, 6) is -0.251. The van der Waals surface area contributed by atoms with E-state index in [4.69, 9.17) is 0 Å². The molecule has 2 aromatic rings. The summed E-state index contributed by atoms with van der Waals surface area (Å²) in [6, 6.07) is 7.10. The first-order valence-corrected chi connectivity index (χ1v) is 7.67. The lowest BCUT2D eigenvalue weighted by Crippen LogP contribution is -2.27. The minimum Gasteiger partial charge on any atom is -0.320 e. The van der Waals surface area contributed by atoms with Gasteiger partial charge in [-0.05, 0) is 36.2 Å². The van der Waals surface area contributed by atoms with Crippen molar-refractivity contribution in [2.24, 2.45) is 0 Å². The maximum atomic E-state index is 12.3. The predicted octanol–water partition coefficient (Wildman–Crippen LogP) is 3.01. The molecule has 0 spiro atoms. The van der Waals surface area contributed by atoms with Crippen LogP contribution >= 0.6 is 15.9 Å². The molecule has 3 rings (SSSR count). The van der Waals surface area contributed by atoms with Gasteiger partial charge in [0.1, 0.15) is 0 Å². The molecule has 0 fully saturated rings. The van der Waals surface area contributed by atoms with Gasteiger partial charge in [-0.2, -0.15) is 0 Å². The first-order chi connectivity index (χ1) is 10.6. The van der Waals surface area contributed by atoms with E-state index in [0.717, 1.165) is 22.1 Å². The van der Waals surface area contributed by atoms with E-state index in [1.165, 1.54) is 6.92 Å². The van der Waals surface area contributed by atoms with E-state index in [9.17, 15) is 9.59 Å². The highest BCUT2D eigenvalue weighted by molar-refractivity contribution is 9.10. The van der Waals surface area contributed by atoms with Gasteiger partial charge in [0, 0.05) is 35.9 Å². The molecule has 0 atom stereocenters. The van der Waals surface area contributed by atoms with Gasteiger partial charge in [0.15, 0.2) is 0 Å². The number of nitrogens with one attached hydrogen (secondary N) is 1. The zero-order chi connectivity index (χ0) is 15.7. The third kappa shape index (κ3) is 2.74. The average molecular weight is 360 g/mol. The number of fused-ring (bicyclic) bond motifs is 1. The van der Waals surface area contributed by atoms with Gasteiger partial charge >= 0.3 is 0 Å². The lowest BCUT2D eigenvalue weighted by molar-refractivity contribution is -0.116. The van der Waals surface area contributed by atoms with Gasteiger partial charge in [-0.3, -0.25) is 14.6 Å². The SMILES string of the molecule is CC(=O)N1CCc2cc(Br)cc(NC(=O)c3ccncc3)c21. The van der Waals surface area contributed by atoms with Crippen molar-refractivity contribution >= 4 is 39.1 Å². The third-order valence-corrected chi connectivity index (χ3v) is 4.06. The number of hydrogen-bond acceptors (Lipinski definition) is 3. The zero-order valence-electron chi connectivity index (χ0n) is 12.0. The summed E-state index contributed by atoms with van der Waals surface area (Å²) >= 11 is 3.45. The molecule has 22 heavy (non-hydrogen) atoms.